The zero-order valence-electron chi connectivity index (χ0n) is 8.81. The molecule has 5 heteroatoms. The molecular formula is C11H12F2N2O. The van der Waals surface area contributed by atoms with Crippen LogP contribution in [0.2, 0.25) is 0 Å². The van der Waals surface area contributed by atoms with Crippen molar-refractivity contribution >= 4 is 11.6 Å². The molecule has 3 N–H and O–H groups in total. The lowest BCUT2D eigenvalue weighted by atomic mass is 10.1. The van der Waals surface area contributed by atoms with Crippen LogP contribution >= 0.6 is 0 Å². The summed E-state index contributed by atoms with van der Waals surface area (Å²) in [5.74, 6) is -2.21. The number of carbonyl (C=O) groups excluding carboxylic acids is 1. The third-order valence-corrected chi connectivity index (χ3v) is 2.73. The molecule has 0 heterocycles. The molecule has 0 aliphatic heterocycles. The molecule has 0 aromatic heterocycles. The van der Waals surface area contributed by atoms with Crippen molar-refractivity contribution in [2.45, 2.75) is 25.3 Å². The maximum absolute atomic E-state index is 13.5. The van der Waals surface area contributed by atoms with Gasteiger partial charge >= 0.3 is 0 Å². The number of rotatable bonds is 2. The van der Waals surface area contributed by atoms with E-state index in [1.165, 1.54) is 0 Å². The molecule has 1 aromatic carbocycles. The summed E-state index contributed by atoms with van der Waals surface area (Å²) in [7, 11) is 0. The molecule has 0 bridgehead atoms. The number of halogens is 2. The molecule has 1 aliphatic carbocycles. The van der Waals surface area contributed by atoms with E-state index in [0.717, 1.165) is 25.0 Å². The molecule has 0 spiro atoms. The van der Waals surface area contributed by atoms with Crippen LogP contribution in [0.1, 0.15) is 30.1 Å². The second-order valence-corrected chi connectivity index (χ2v) is 4.37. The number of hydrogen-bond acceptors (Lipinski definition) is 2. The topological polar surface area (TPSA) is 55.1 Å². The van der Waals surface area contributed by atoms with Crippen molar-refractivity contribution in [2.75, 3.05) is 5.73 Å². The molecule has 86 valence electrons. The first-order valence-electron chi connectivity index (χ1n) is 4.98. The van der Waals surface area contributed by atoms with Gasteiger partial charge in [-0.3, -0.25) is 4.79 Å². The minimum atomic E-state index is -0.872. The Morgan fingerprint density at radius 2 is 2.06 bits per heavy atom. The van der Waals surface area contributed by atoms with Gasteiger partial charge in [0.25, 0.3) is 5.91 Å². The maximum Gasteiger partial charge on any atom is 0.254 e. The molecule has 1 saturated carbocycles. The van der Waals surface area contributed by atoms with Crippen molar-refractivity contribution in [2.24, 2.45) is 0 Å². The van der Waals surface area contributed by atoms with Gasteiger partial charge in [0.05, 0.1) is 11.3 Å². The van der Waals surface area contributed by atoms with Gasteiger partial charge in [0, 0.05) is 5.54 Å². The van der Waals surface area contributed by atoms with Crippen LogP contribution in [0.3, 0.4) is 0 Å². The smallest absolute Gasteiger partial charge is 0.254 e. The quantitative estimate of drug-likeness (QED) is 0.756. The molecule has 1 aliphatic rings. The monoisotopic (exact) mass is 226 g/mol. The molecule has 0 atom stereocenters. The number of nitrogen functional groups attached to an aromatic ring is 1. The number of nitrogens with two attached hydrogens (primary N) is 1. The lowest BCUT2D eigenvalue weighted by molar-refractivity contribution is 0.0931. The van der Waals surface area contributed by atoms with Crippen LogP contribution in [0, 0.1) is 11.6 Å². The zero-order valence-corrected chi connectivity index (χ0v) is 8.81. The largest absolute Gasteiger partial charge is 0.396 e. The second-order valence-electron chi connectivity index (χ2n) is 4.37. The molecule has 0 saturated heterocycles. The Labute approximate surface area is 91.6 Å². The average Bonchev–Trinajstić information content (AvgIpc) is 2.89. The van der Waals surface area contributed by atoms with E-state index in [1.807, 2.05) is 6.92 Å². The molecule has 1 aromatic rings. The summed E-state index contributed by atoms with van der Waals surface area (Å²) in [5.41, 5.74) is 4.27. The minimum absolute atomic E-state index is 0.273. The van der Waals surface area contributed by atoms with Gasteiger partial charge < -0.3 is 11.1 Å². The first-order valence-corrected chi connectivity index (χ1v) is 4.98. The number of amides is 1. The molecule has 2 rings (SSSR count). The van der Waals surface area contributed by atoms with Gasteiger partial charge in [-0.2, -0.15) is 0 Å². The maximum atomic E-state index is 13.5. The van der Waals surface area contributed by atoms with Crippen molar-refractivity contribution in [1.29, 1.82) is 0 Å². The van der Waals surface area contributed by atoms with Crippen molar-refractivity contribution in [1.82, 2.24) is 5.32 Å². The zero-order chi connectivity index (χ0) is 11.9. The summed E-state index contributed by atoms with van der Waals surface area (Å²) < 4.78 is 26.5. The van der Waals surface area contributed by atoms with Crippen molar-refractivity contribution < 1.29 is 13.6 Å². The van der Waals surface area contributed by atoms with Crippen LogP contribution < -0.4 is 11.1 Å². The molecule has 0 unspecified atom stereocenters. The summed E-state index contributed by atoms with van der Waals surface area (Å²) in [5, 5.41) is 2.64. The van der Waals surface area contributed by atoms with Crippen LogP contribution in [-0.4, -0.2) is 11.4 Å². The predicted octanol–water partition coefficient (Wildman–Crippen LogP) is 1.83. The Hall–Kier alpha value is -1.65. The average molecular weight is 226 g/mol. The van der Waals surface area contributed by atoms with Crippen molar-refractivity contribution in [3.05, 3.63) is 29.3 Å². The SMILES string of the molecule is CC1(NC(=O)c2cc(F)cc(N)c2F)CC1. The highest BCUT2D eigenvalue weighted by Gasteiger charge is 2.39. The number of carbonyl (C=O) groups is 1. The van der Waals surface area contributed by atoms with Gasteiger partial charge in [-0.1, -0.05) is 0 Å². The Kier molecular flexibility index (Phi) is 2.33. The minimum Gasteiger partial charge on any atom is -0.396 e. The molecule has 1 fully saturated rings. The standard InChI is InChI=1S/C11H12F2N2O/c1-11(2-3-11)15-10(16)7-4-6(12)5-8(14)9(7)13/h4-5H,2-3,14H2,1H3,(H,15,16). The van der Waals surface area contributed by atoms with E-state index in [-0.39, 0.29) is 16.8 Å². The lowest BCUT2D eigenvalue weighted by Crippen LogP contribution is -2.34. The first-order chi connectivity index (χ1) is 7.41. The normalized spacial score (nSPS) is 16.9. The van der Waals surface area contributed by atoms with Crippen LogP contribution in [0.25, 0.3) is 0 Å². The van der Waals surface area contributed by atoms with E-state index in [4.69, 9.17) is 5.73 Å². The molecule has 3 nitrogen and oxygen atoms in total. The number of anilines is 1. The van der Waals surface area contributed by atoms with Crippen molar-refractivity contribution in [3.63, 3.8) is 0 Å². The van der Waals surface area contributed by atoms with Gasteiger partial charge in [-0.25, -0.2) is 8.78 Å². The summed E-state index contributed by atoms with van der Waals surface area (Å²) >= 11 is 0. The fourth-order valence-electron chi connectivity index (χ4n) is 1.43. The van der Waals surface area contributed by atoms with Gasteiger partial charge in [-0.05, 0) is 31.9 Å². The van der Waals surface area contributed by atoms with E-state index >= 15 is 0 Å². The number of benzene rings is 1. The van der Waals surface area contributed by atoms with Crippen molar-refractivity contribution in [3.8, 4) is 0 Å². The van der Waals surface area contributed by atoms with Crippen LogP contribution in [0.15, 0.2) is 12.1 Å². The van der Waals surface area contributed by atoms with Crippen LogP contribution in [-0.2, 0) is 0 Å². The van der Waals surface area contributed by atoms with E-state index in [0.29, 0.717) is 0 Å². The van der Waals surface area contributed by atoms with E-state index in [2.05, 4.69) is 5.32 Å². The third kappa shape index (κ3) is 1.98. The van der Waals surface area contributed by atoms with E-state index in [1.54, 1.807) is 0 Å². The van der Waals surface area contributed by atoms with E-state index < -0.39 is 17.5 Å². The third-order valence-electron chi connectivity index (χ3n) is 2.73. The number of hydrogen-bond donors (Lipinski definition) is 2. The molecule has 1 amide bonds. The fraction of sp³-hybridized carbons (Fsp3) is 0.364. The Morgan fingerprint density at radius 3 is 2.62 bits per heavy atom. The predicted molar refractivity (Wildman–Crippen MR) is 55.9 cm³/mol. The van der Waals surface area contributed by atoms with Gasteiger partial charge in [-0.15, -0.1) is 0 Å². The van der Waals surface area contributed by atoms with Crippen LogP contribution in [0.4, 0.5) is 14.5 Å². The Balaban J connectivity index is 2.28. The van der Waals surface area contributed by atoms with Gasteiger partial charge in [0.15, 0.2) is 5.82 Å². The summed E-state index contributed by atoms with van der Waals surface area (Å²) in [6.45, 7) is 1.85. The summed E-state index contributed by atoms with van der Waals surface area (Å²) in [6.07, 6.45) is 1.70. The highest BCUT2D eigenvalue weighted by Crippen LogP contribution is 2.34. The van der Waals surface area contributed by atoms with Gasteiger partial charge in [0.2, 0.25) is 0 Å². The second kappa shape index (κ2) is 3.43. The lowest BCUT2D eigenvalue weighted by Gasteiger charge is -2.12. The Morgan fingerprint density at radius 1 is 1.44 bits per heavy atom. The highest BCUT2D eigenvalue weighted by molar-refractivity contribution is 5.96. The molecule has 0 radical (unpaired) electrons. The number of nitrogens with one attached hydrogen (secondary N) is 1. The van der Waals surface area contributed by atoms with Gasteiger partial charge in [0.1, 0.15) is 5.82 Å². The Bertz CT molecular complexity index is 456. The van der Waals surface area contributed by atoms with E-state index in [9.17, 15) is 13.6 Å². The molecule has 16 heavy (non-hydrogen) atoms. The summed E-state index contributed by atoms with van der Waals surface area (Å²) in [6, 6.07) is 1.71. The highest BCUT2D eigenvalue weighted by atomic mass is 19.1. The first kappa shape index (κ1) is 10.9. The van der Waals surface area contributed by atoms with Crippen LogP contribution in [0.5, 0.6) is 0 Å². The molecular weight excluding hydrogens is 214 g/mol. The fourth-order valence-corrected chi connectivity index (χ4v) is 1.43. The summed E-state index contributed by atoms with van der Waals surface area (Å²) in [4.78, 5) is 11.7.